The van der Waals surface area contributed by atoms with Crippen LogP contribution in [-0.4, -0.2) is 17.6 Å². The van der Waals surface area contributed by atoms with Gasteiger partial charge in [0.2, 0.25) is 0 Å². The van der Waals surface area contributed by atoms with Crippen LogP contribution in [-0.2, 0) is 6.18 Å². The number of hydrogen-bond donors (Lipinski definition) is 2. The van der Waals surface area contributed by atoms with Gasteiger partial charge in [0.1, 0.15) is 0 Å². The molecular weight excluding hydrogens is 235 g/mol. The molecular formula is C11H8F3NO2. The lowest BCUT2D eigenvalue weighted by atomic mass is 10.0. The van der Waals surface area contributed by atoms with Crippen LogP contribution in [0.15, 0.2) is 18.2 Å². The average molecular weight is 243 g/mol. The van der Waals surface area contributed by atoms with Gasteiger partial charge in [-0.15, -0.1) is 0 Å². The van der Waals surface area contributed by atoms with Gasteiger partial charge in [0.05, 0.1) is 17.7 Å². The van der Waals surface area contributed by atoms with E-state index in [1.807, 2.05) is 0 Å². The lowest BCUT2D eigenvalue weighted by molar-refractivity contribution is -0.137. The van der Waals surface area contributed by atoms with Crippen LogP contribution < -0.4 is 5.73 Å². The Morgan fingerprint density at radius 3 is 2.53 bits per heavy atom. The van der Waals surface area contributed by atoms with Crippen molar-refractivity contribution in [3.8, 4) is 11.8 Å². The molecule has 0 aliphatic carbocycles. The van der Waals surface area contributed by atoms with Gasteiger partial charge in [-0.1, -0.05) is 11.8 Å². The molecule has 0 radical (unpaired) electrons. The van der Waals surface area contributed by atoms with E-state index in [1.165, 1.54) is 0 Å². The van der Waals surface area contributed by atoms with Crippen LogP contribution in [0.25, 0.3) is 0 Å². The summed E-state index contributed by atoms with van der Waals surface area (Å²) in [5, 5.41) is 8.79. The summed E-state index contributed by atoms with van der Waals surface area (Å²) in [6, 6.07) is 2.37. The highest BCUT2D eigenvalue weighted by Gasteiger charge is 2.31. The highest BCUT2D eigenvalue weighted by atomic mass is 19.4. The zero-order chi connectivity index (χ0) is 13.1. The summed E-state index contributed by atoms with van der Waals surface area (Å²) in [7, 11) is 0. The largest absolute Gasteiger partial charge is 0.478 e. The molecule has 0 saturated carbocycles. The van der Waals surface area contributed by atoms with Crippen LogP contribution in [0.1, 0.15) is 21.5 Å². The predicted octanol–water partition coefficient (Wildman–Crippen LogP) is 1.71. The second-order valence-corrected chi connectivity index (χ2v) is 3.07. The fraction of sp³-hybridized carbons (Fsp3) is 0.182. The Morgan fingerprint density at radius 1 is 1.41 bits per heavy atom. The molecule has 0 saturated heterocycles. The summed E-state index contributed by atoms with van der Waals surface area (Å²) >= 11 is 0. The summed E-state index contributed by atoms with van der Waals surface area (Å²) in [4.78, 5) is 10.8. The first kappa shape index (κ1) is 13.1. The Bertz CT molecular complexity index is 498. The number of carbonyl (C=O) groups is 1. The summed E-state index contributed by atoms with van der Waals surface area (Å²) in [5.74, 6) is 3.34. The Balaban J connectivity index is 3.32. The Morgan fingerprint density at radius 2 is 2.06 bits per heavy atom. The fourth-order valence-corrected chi connectivity index (χ4v) is 1.15. The van der Waals surface area contributed by atoms with Crippen LogP contribution >= 0.6 is 0 Å². The molecule has 1 rings (SSSR count). The molecule has 3 N–H and O–H groups in total. The molecule has 0 atom stereocenters. The molecule has 3 nitrogen and oxygen atoms in total. The summed E-state index contributed by atoms with van der Waals surface area (Å²) in [5.41, 5.74) is 3.61. The number of alkyl halides is 3. The number of aromatic carboxylic acids is 1. The maximum Gasteiger partial charge on any atom is 0.416 e. The van der Waals surface area contributed by atoms with Gasteiger partial charge in [-0.2, -0.15) is 13.2 Å². The molecule has 0 spiro atoms. The van der Waals surface area contributed by atoms with E-state index in [4.69, 9.17) is 10.8 Å². The maximum absolute atomic E-state index is 12.4. The molecule has 0 heterocycles. The van der Waals surface area contributed by atoms with E-state index in [9.17, 15) is 18.0 Å². The Labute approximate surface area is 95.0 Å². The van der Waals surface area contributed by atoms with Crippen molar-refractivity contribution in [2.75, 3.05) is 6.54 Å². The van der Waals surface area contributed by atoms with Crippen molar-refractivity contribution < 1.29 is 23.1 Å². The molecule has 0 fully saturated rings. The van der Waals surface area contributed by atoms with Gasteiger partial charge in [0, 0.05) is 5.56 Å². The first-order chi connectivity index (χ1) is 7.86. The standard InChI is InChI=1S/C11H8F3NO2/c12-11(13,14)8-4-3-7(2-1-5-15)9(6-8)10(16)17/h3-4,6H,5,15H2,(H,16,17). The maximum atomic E-state index is 12.4. The molecule has 1 aromatic carbocycles. The quantitative estimate of drug-likeness (QED) is 0.738. The van der Waals surface area contributed by atoms with E-state index in [0.717, 1.165) is 12.1 Å². The summed E-state index contributed by atoms with van der Waals surface area (Å²) in [6.45, 7) is 0.0000807. The van der Waals surface area contributed by atoms with E-state index >= 15 is 0 Å². The van der Waals surface area contributed by atoms with Crippen molar-refractivity contribution in [3.63, 3.8) is 0 Å². The van der Waals surface area contributed by atoms with Crippen LogP contribution in [0.4, 0.5) is 13.2 Å². The van der Waals surface area contributed by atoms with Gasteiger partial charge >= 0.3 is 12.1 Å². The molecule has 6 heteroatoms. The number of hydrogen-bond acceptors (Lipinski definition) is 2. The molecule has 0 aliphatic heterocycles. The second kappa shape index (κ2) is 4.89. The van der Waals surface area contributed by atoms with Gasteiger partial charge in [0.15, 0.2) is 0 Å². The topological polar surface area (TPSA) is 63.3 Å². The number of nitrogens with two attached hydrogens (primary N) is 1. The lowest BCUT2D eigenvalue weighted by Gasteiger charge is -2.08. The lowest BCUT2D eigenvalue weighted by Crippen LogP contribution is -2.09. The third kappa shape index (κ3) is 3.23. The first-order valence-electron chi connectivity index (χ1n) is 4.49. The van der Waals surface area contributed by atoms with Crippen molar-refractivity contribution in [1.82, 2.24) is 0 Å². The van der Waals surface area contributed by atoms with Crippen molar-refractivity contribution >= 4 is 5.97 Å². The van der Waals surface area contributed by atoms with Crippen LogP contribution in [0.2, 0.25) is 0 Å². The van der Waals surface area contributed by atoms with E-state index in [1.54, 1.807) is 0 Å². The number of rotatable bonds is 1. The fourth-order valence-electron chi connectivity index (χ4n) is 1.15. The number of halogens is 3. The highest BCUT2D eigenvalue weighted by Crippen LogP contribution is 2.30. The van der Waals surface area contributed by atoms with Gasteiger partial charge < -0.3 is 10.8 Å². The predicted molar refractivity (Wildman–Crippen MR) is 54.3 cm³/mol. The first-order valence-corrected chi connectivity index (χ1v) is 4.49. The SMILES string of the molecule is NCC#Cc1ccc(C(F)(F)F)cc1C(=O)O. The van der Waals surface area contributed by atoms with Crippen LogP contribution in [0, 0.1) is 11.8 Å². The Hall–Kier alpha value is -2.00. The molecule has 0 bridgehead atoms. The van der Waals surface area contributed by atoms with Gasteiger partial charge in [0.25, 0.3) is 0 Å². The van der Waals surface area contributed by atoms with Crippen molar-refractivity contribution in [1.29, 1.82) is 0 Å². The smallest absolute Gasteiger partial charge is 0.416 e. The number of carboxylic acids is 1. The average Bonchev–Trinajstić information content (AvgIpc) is 2.24. The minimum Gasteiger partial charge on any atom is -0.478 e. The van der Waals surface area contributed by atoms with E-state index in [-0.39, 0.29) is 12.1 Å². The third-order valence-electron chi connectivity index (χ3n) is 1.90. The minimum atomic E-state index is -4.58. The van der Waals surface area contributed by atoms with E-state index in [2.05, 4.69) is 11.8 Å². The zero-order valence-corrected chi connectivity index (χ0v) is 8.51. The van der Waals surface area contributed by atoms with Crippen LogP contribution in [0.3, 0.4) is 0 Å². The highest BCUT2D eigenvalue weighted by molar-refractivity contribution is 5.91. The van der Waals surface area contributed by atoms with Crippen molar-refractivity contribution in [3.05, 3.63) is 34.9 Å². The molecule has 0 unspecified atom stereocenters. The van der Waals surface area contributed by atoms with E-state index in [0.29, 0.717) is 6.07 Å². The van der Waals surface area contributed by atoms with Crippen molar-refractivity contribution in [2.24, 2.45) is 5.73 Å². The molecule has 17 heavy (non-hydrogen) atoms. The van der Waals surface area contributed by atoms with Crippen LogP contribution in [0.5, 0.6) is 0 Å². The Kier molecular flexibility index (Phi) is 3.76. The van der Waals surface area contributed by atoms with Gasteiger partial charge in [-0.25, -0.2) is 4.79 Å². The summed E-state index contributed by atoms with van der Waals surface area (Å²) < 4.78 is 37.1. The molecule has 0 aromatic heterocycles. The minimum absolute atomic E-state index is 0.0000807. The number of benzene rings is 1. The molecule has 0 amide bonds. The number of carboxylic acid groups (broad SMARTS) is 1. The second-order valence-electron chi connectivity index (χ2n) is 3.07. The molecule has 0 aliphatic rings. The van der Waals surface area contributed by atoms with Crippen molar-refractivity contribution in [2.45, 2.75) is 6.18 Å². The monoisotopic (exact) mass is 243 g/mol. The normalized spacial score (nSPS) is 10.6. The van der Waals surface area contributed by atoms with E-state index < -0.39 is 23.3 Å². The third-order valence-corrected chi connectivity index (χ3v) is 1.90. The molecule has 90 valence electrons. The van der Waals surface area contributed by atoms with Gasteiger partial charge in [-0.3, -0.25) is 0 Å². The van der Waals surface area contributed by atoms with Gasteiger partial charge in [-0.05, 0) is 18.2 Å². The summed E-state index contributed by atoms with van der Waals surface area (Å²) in [6.07, 6.45) is -4.58. The zero-order valence-electron chi connectivity index (χ0n) is 8.51. The molecule has 1 aromatic rings.